The van der Waals surface area contributed by atoms with Crippen LogP contribution in [0.2, 0.25) is 0 Å². The van der Waals surface area contributed by atoms with E-state index in [0.29, 0.717) is 27.8 Å². The van der Waals surface area contributed by atoms with E-state index in [4.69, 9.17) is 10.5 Å². The number of carbonyl (C=O) groups excluding carboxylic acids is 1. The monoisotopic (exact) mass is 264 g/mol. The summed E-state index contributed by atoms with van der Waals surface area (Å²) in [6.45, 7) is 1.74. The van der Waals surface area contributed by atoms with Crippen LogP contribution in [0.4, 0.5) is 10.7 Å². The van der Waals surface area contributed by atoms with Crippen LogP contribution < -0.4 is 15.8 Å². The number of aromatic nitrogens is 2. The average Bonchev–Trinajstić information content (AvgIpc) is 2.69. The molecule has 6 nitrogen and oxygen atoms in total. The molecular formula is C11H12N4O2S. The first kappa shape index (κ1) is 12.3. The molecule has 0 aliphatic heterocycles. The van der Waals surface area contributed by atoms with Gasteiger partial charge in [-0.1, -0.05) is 0 Å². The summed E-state index contributed by atoms with van der Waals surface area (Å²) >= 11 is 1.11. The zero-order valence-corrected chi connectivity index (χ0v) is 10.7. The zero-order chi connectivity index (χ0) is 13.1. The van der Waals surface area contributed by atoms with Gasteiger partial charge in [-0.3, -0.25) is 4.79 Å². The van der Waals surface area contributed by atoms with E-state index >= 15 is 0 Å². The summed E-state index contributed by atoms with van der Waals surface area (Å²) in [5.74, 6) is 0.146. The van der Waals surface area contributed by atoms with E-state index in [1.807, 2.05) is 0 Å². The lowest BCUT2D eigenvalue weighted by atomic mass is 10.2. The Morgan fingerprint density at radius 3 is 2.94 bits per heavy atom. The third-order valence-electron chi connectivity index (χ3n) is 2.32. The minimum absolute atomic E-state index is 0.285. The third-order valence-corrected chi connectivity index (χ3v) is 3.08. The molecule has 2 heterocycles. The lowest BCUT2D eigenvalue weighted by Gasteiger charge is -2.06. The fourth-order valence-electron chi connectivity index (χ4n) is 1.46. The fourth-order valence-corrected chi connectivity index (χ4v) is 2.11. The number of nitrogens with one attached hydrogen (secondary N) is 1. The standard InChI is InChI=1S/C11H12N4O2S/c1-6-9(10(12)18-15-6)11(16)14-7-3-4-13-8(5-7)17-2/h3-5H,12H2,1-2H3,(H,13,14,16). The second-order valence-corrected chi connectivity index (χ2v) is 4.35. The molecule has 18 heavy (non-hydrogen) atoms. The number of pyridine rings is 1. The normalized spacial score (nSPS) is 10.1. The number of anilines is 2. The molecule has 0 aliphatic rings. The summed E-state index contributed by atoms with van der Waals surface area (Å²) in [5, 5.41) is 3.14. The highest BCUT2D eigenvalue weighted by Crippen LogP contribution is 2.22. The van der Waals surface area contributed by atoms with Crippen LogP contribution in [0.15, 0.2) is 18.3 Å². The molecule has 2 aromatic rings. The first-order chi connectivity index (χ1) is 8.61. The van der Waals surface area contributed by atoms with E-state index in [9.17, 15) is 4.79 Å². The molecule has 94 valence electrons. The van der Waals surface area contributed by atoms with Crippen molar-refractivity contribution in [3.8, 4) is 5.88 Å². The molecule has 3 N–H and O–H groups in total. The first-order valence-corrected chi connectivity index (χ1v) is 5.92. The molecule has 0 atom stereocenters. The van der Waals surface area contributed by atoms with E-state index in [-0.39, 0.29) is 5.91 Å². The molecule has 0 saturated heterocycles. The fraction of sp³-hybridized carbons (Fsp3) is 0.182. The predicted molar refractivity (Wildman–Crippen MR) is 70.0 cm³/mol. The smallest absolute Gasteiger partial charge is 0.260 e. The highest BCUT2D eigenvalue weighted by Gasteiger charge is 2.16. The Morgan fingerprint density at radius 2 is 2.33 bits per heavy atom. The van der Waals surface area contributed by atoms with Crippen molar-refractivity contribution in [2.75, 3.05) is 18.2 Å². The minimum atomic E-state index is -0.285. The number of nitrogens with zero attached hydrogens (tertiary/aromatic N) is 2. The van der Waals surface area contributed by atoms with Crippen molar-refractivity contribution in [2.45, 2.75) is 6.92 Å². The molecule has 0 aliphatic carbocycles. The van der Waals surface area contributed by atoms with Crippen LogP contribution in [0.3, 0.4) is 0 Å². The van der Waals surface area contributed by atoms with Gasteiger partial charge in [-0.2, -0.15) is 4.37 Å². The van der Waals surface area contributed by atoms with Gasteiger partial charge in [-0.05, 0) is 24.5 Å². The van der Waals surface area contributed by atoms with Crippen molar-refractivity contribution in [3.63, 3.8) is 0 Å². The average molecular weight is 264 g/mol. The molecule has 7 heteroatoms. The number of hydrogen-bond donors (Lipinski definition) is 2. The molecule has 0 aromatic carbocycles. The summed E-state index contributed by atoms with van der Waals surface area (Å²) < 4.78 is 9.01. The van der Waals surface area contributed by atoms with E-state index < -0.39 is 0 Å². The molecule has 0 spiro atoms. The number of ether oxygens (including phenoxy) is 1. The predicted octanol–water partition coefficient (Wildman–Crippen LogP) is 1.69. The molecule has 2 rings (SSSR count). The highest BCUT2D eigenvalue weighted by molar-refractivity contribution is 7.10. The molecule has 0 saturated carbocycles. The van der Waals surface area contributed by atoms with Crippen LogP contribution in [0.1, 0.15) is 16.1 Å². The van der Waals surface area contributed by atoms with Crippen LogP contribution in [0, 0.1) is 6.92 Å². The maximum atomic E-state index is 12.0. The summed E-state index contributed by atoms with van der Waals surface area (Å²) in [7, 11) is 1.51. The molecule has 1 amide bonds. The van der Waals surface area contributed by atoms with Crippen molar-refractivity contribution in [1.29, 1.82) is 0 Å². The second-order valence-electron chi connectivity index (χ2n) is 3.55. The Kier molecular flexibility index (Phi) is 3.42. The molecule has 2 aromatic heterocycles. The summed E-state index contributed by atoms with van der Waals surface area (Å²) in [6, 6.07) is 3.30. The number of aryl methyl sites for hydroxylation is 1. The summed E-state index contributed by atoms with van der Waals surface area (Å²) in [4.78, 5) is 16.0. The van der Waals surface area contributed by atoms with Gasteiger partial charge in [0, 0.05) is 18.0 Å². The SMILES string of the molecule is COc1cc(NC(=O)c2c(C)nsc2N)ccn1. The van der Waals surface area contributed by atoms with Crippen molar-refractivity contribution < 1.29 is 9.53 Å². The Labute approximate surface area is 108 Å². The van der Waals surface area contributed by atoms with E-state index in [1.54, 1.807) is 25.3 Å². The number of hydrogen-bond acceptors (Lipinski definition) is 6. The first-order valence-electron chi connectivity index (χ1n) is 5.15. The number of carbonyl (C=O) groups is 1. The number of methoxy groups -OCH3 is 1. The number of nitrogens with two attached hydrogens (primary N) is 1. The van der Waals surface area contributed by atoms with Crippen LogP contribution in [0.5, 0.6) is 5.88 Å². The highest BCUT2D eigenvalue weighted by atomic mass is 32.1. The van der Waals surface area contributed by atoms with Crippen LogP contribution in [0.25, 0.3) is 0 Å². The lowest BCUT2D eigenvalue weighted by Crippen LogP contribution is -2.14. The van der Waals surface area contributed by atoms with Gasteiger partial charge in [0.2, 0.25) is 5.88 Å². The van der Waals surface area contributed by atoms with Crippen molar-refractivity contribution in [1.82, 2.24) is 9.36 Å². The number of amides is 1. The van der Waals surface area contributed by atoms with Crippen molar-refractivity contribution in [3.05, 3.63) is 29.6 Å². The van der Waals surface area contributed by atoms with Crippen LogP contribution >= 0.6 is 11.5 Å². The zero-order valence-electron chi connectivity index (χ0n) is 9.93. The minimum Gasteiger partial charge on any atom is -0.481 e. The second kappa shape index (κ2) is 5.01. The van der Waals surface area contributed by atoms with Gasteiger partial charge in [0.05, 0.1) is 18.4 Å². The lowest BCUT2D eigenvalue weighted by molar-refractivity contribution is 0.102. The topological polar surface area (TPSA) is 90.1 Å². The summed E-state index contributed by atoms with van der Waals surface area (Å²) in [6.07, 6.45) is 1.55. The maximum absolute atomic E-state index is 12.0. The van der Waals surface area contributed by atoms with Gasteiger partial charge in [0.1, 0.15) is 5.00 Å². The molecule has 0 bridgehead atoms. The molecular weight excluding hydrogens is 252 g/mol. The van der Waals surface area contributed by atoms with Crippen molar-refractivity contribution >= 4 is 28.1 Å². The van der Waals surface area contributed by atoms with Gasteiger partial charge >= 0.3 is 0 Å². The maximum Gasteiger partial charge on any atom is 0.260 e. The quantitative estimate of drug-likeness (QED) is 0.880. The Balaban J connectivity index is 2.21. The Morgan fingerprint density at radius 1 is 1.56 bits per heavy atom. The Bertz CT molecular complexity index is 563. The molecule has 0 radical (unpaired) electrons. The Hall–Kier alpha value is -2.15. The third kappa shape index (κ3) is 2.40. The molecule has 0 fully saturated rings. The van der Waals surface area contributed by atoms with E-state index in [2.05, 4.69) is 14.7 Å². The van der Waals surface area contributed by atoms with E-state index in [1.165, 1.54) is 7.11 Å². The van der Waals surface area contributed by atoms with Crippen molar-refractivity contribution in [2.24, 2.45) is 0 Å². The number of nitrogen functional groups attached to an aromatic ring is 1. The summed E-state index contributed by atoms with van der Waals surface area (Å²) in [5.41, 5.74) is 7.34. The van der Waals surface area contributed by atoms with Gasteiger partial charge in [-0.25, -0.2) is 4.98 Å². The van der Waals surface area contributed by atoms with Crippen LogP contribution in [-0.2, 0) is 0 Å². The van der Waals surface area contributed by atoms with Gasteiger partial charge < -0.3 is 15.8 Å². The van der Waals surface area contributed by atoms with Crippen LogP contribution in [-0.4, -0.2) is 22.4 Å². The molecule has 0 unspecified atom stereocenters. The van der Waals surface area contributed by atoms with Gasteiger partial charge in [0.25, 0.3) is 5.91 Å². The van der Waals surface area contributed by atoms with E-state index in [0.717, 1.165) is 11.5 Å². The van der Waals surface area contributed by atoms with Gasteiger partial charge in [0.15, 0.2) is 0 Å². The largest absolute Gasteiger partial charge is 0.481 e. The number of rotatable bonds is 3. The van der Waals surface area contributed by atoms with Gasteiger partial charge in [-0.15, -0.1) is 0 Å².